The lowest BCUT2D eigenvalue weighted by Crippen LogP contribution is -1.79. The topological polar surface area (TPSA) is 52.0 Å². The Kier molecular flexibility index (Phi) is 1.62. The first kappa shape index (κ1) is 7.36. The molecule has 0 unspecified atom stereocenters. The Morgan fingerprint density at radius 1 is 1.50 bits per heavy atom. The summed E-state index contributed by atoms with van der Waals surface area (Å²) < 4.78 is 5.02. The number of nitrogen functional groups attached to an aromatic ring is 1. The molecular weight excluding hydrogens is 172 g/mol. The summed E-state index contributed by atoms with van der Waals surface area (Å²) in [5.41, 5.74) is 7.70. The van der Waals surface area contributed by atoms with Gasteiger partial charge in [-0.3, -0.25) is 0 Å². The van der Waals surface area contributed by atoms with Crippen LogP contribution in [0.4, 0.5) is 5.82 Å². The molecule has 0 amide bonds. The maximum Gasteiger partial charge on any atom is 0.170 e. The number of rotatable bonds is 1. The molecule has 4 heteroatoms. The average Bonchev–Trinajstić information content (AvgIpc) is 2.58. The predicted molar refractivity (Wildman–Crippen MR) is 49.0 cm³/mol. The molecule has 0 fully saturated rings. The van der Waals surface area contributed by atoms with Crippen LogP contribution in [0.2, 0.25) is 0 Å². The molecule has 62 valence electrons. The molecular formula is C8H8N2OS. The van der Waals surface area contributed by atoms with Gasteiger partial charge in [0.25, 0.3) is 0 Å². The fraction of sp³-hybridized carbons (Fsp3) is 0.125. The van der Waals surface area contributed by atoms with E-state index in [2.05, 4.69) is 10.5 Å². The van der Waals surface area contributed by atoms with Gasteiger partial charge in [-0.1, -0.05) is 5.16 Å². The molecule has 0 aliphatic rings. The number of nitrogens with two attached hydrogens (primary N) is 1. The van der Waals surface area contributed by atoms with E-state index in [0.717, 1.165) is 11.3 Å². The Morgan fingerprint density at radius 2 is 2.33 bits per heavy atom. The van der Waals surface area contributed by atoms with Gasteiger partial charge in [0.15, 0.2) is 11.6 Å². The molecule has 2 heterocycles. The molecule has 0 bridgehead atoms. The number of aryl methyl sites for hydroxylation is 1. The number of thiophene rings is 1. The molecule has 0 spiro atoms. The van der Waals surface area contributed by atoms with Gasteiger partial charge in [0, 0.05) is 17.0 Å². The quantitative estimate of drug-likeness (QED) is 0.732. The van der Waals surface area contributed by atoms with Crippen LogP contribution >= 0.6 is 11.3 Å². The Labute approximate surface area is 73.8 Å². The van der Waals surface area contributed by atoms with Crippen molar-refractivity contribution in [3.05, 3.63) is 22.4 Å². The van der Waals surface area contributed by atoms with E-state index < -0.39 is 0 Å². The smallest absolute Gasteiger partial charge is 0.170 e. The van der Waals surface area contributed by atoms with Crippen molar-refractivity contribution < 1.29 is 4.52 Å². The summed E-state index contributed by atoms with van der Waals surface area (Å²) >= 11 is 1.64. The second kappa shape index (κ2) is 2.64. The molecule has 2 rings (SSSR count). The van der Waals surface area contributed by atoms with Gasteiger partial charge in [-0.2, -0.15) is 11.3 Å². The highest BCUT2D eigenvalue weighted by Gasteiger charge is 2.07. The molecule has 0 atom stereocenters. The van der Waals surface area contributed by atoms with Crippen LogP contribution in [0.5, 0.6) is 0 Å². The first-order valence-electron chi connectivity index (χ1n) is 3.53. The molecule has 2 aromatic heterocycles. The summed E-state index contributed by atoms with van der Waals surface area (Å²) in [6.07, 6.45) is 0. The summed E-state index contributed by atoms with van der Waals surface area (Å²) in [5.74, 6) is 1.17. The maximum atomic E-state index is 5.43. The van der Waals surface area contributed by atoms with E-state index in [9.17, 15) is 0 Å². The van der Waals surface area contributed by atoms with Crippen LogP contribution < -0.4 is 5.73 Å². The lowest BCUT2D eigenvalue weighted by molar-refractivity contribution is 0.436. The monoisotopic (exact) mass is 180 g/mol. The highest BCUT2D eigenvalue weighted by Crippen LogP contribution is 2.27. The van der Waals surface area contributed by atoms with Crippen LogP contribution in [0.15, 0.2) is 21.3 Å². The number of hydrogen-bond donors (Lipinski definition) is 1. The van der Waals surface area contributed by atoms with Gasteiger partial charge in [-0.05, 0) is 17.9 Å². The largest absolute Gasteiger partial charge is 0.381 e. The van der Waals surface area contributed by atoms with Gasteiger partial charge in [-0.25, -0.2) is 0 Å². The molecule has 2 aromatic rings. The normalized spacial score (nSPS) is 10.4. The zero-order valence-electron chi connectivity index (χ0n) is 6.57. The van der Waals surface area contributed by atoms with Gasteiger partial charge >= 0.3 is 0 Å². The highest BCUT2D eigenvalue weighted by molar-refractivity contribution is 7.08. The zero-order chi connectivity index (χ0) is 8.55. The minimum atomic E-state index is 0.426. The van der Waals surface area contributed by atoms with E-state index in [4.69, 9.17) is 10.3 Å². The maximum absolute atomic E-state index is 5.43. The van der Waals surface area contributed by atoms with E-state index >= 15 is 0 Å². The number of aromatic nitrogens is 1. The first-order chi connectivity index (χ1) is 5.77. The van der Waals surface area contributed by atoms with Crippen molar-refractivity contribution in [2.45, 2.75) is 6.92 Å². The highest BCUT2D eigenvalue weighted by atomic mass is 32.1. The zero-order valence-corrected chi connectivity index (χ0v) is 7.39. The Bertz CT molecular complexity index is 391. The predicted octanol–water partition coefficient (Wildman–Crippen LogP) is 2.29. The van der Waals surface area contributed by atoms with Gasteiger partial charge < -0.3 is 10.3 Å². The van der Waals surface area contributed by atoms with Gasteiger partial charge in [-0.15, -0.1) is 0 Å². The van der Waals surface area contributed by atoms with Crippen LogP contribution in [0.3, 0.4) is 0 Å². The molecule has 0 saturated carbocycles. The Balaban J connectivity index is 2.50. The van der Waals surface area contributed by atoms with Gasteiger partial charge in [0.2, 0.25) is 0 Å². The van der Waals surface area contributed by atoms with Crippen molar-refractivity contribution in [1.29, 1.82) is 0 Å². The molecule has 0 aliphatic carbocycles. The standard InChI is InChI=1S/C8H8N2OS/c1-5-3-12-4-6(5)7-2-8(9)10-11-7/h2-4H,1H3,(H2,9,10). The third kappa shape index (κ3) is 1.10. The van der Waals surface area contributed by atoms with E-state index in [1.54, 1.807) is 17.4 Å². The third-order valence-electron chi connectivity index (χ3n) is 1.65. The molecule has 0 aromatic carbocycles. The summed E-state index contributed by atoms with van der Waals surface area (Å²) in [6, 6.07) is 1.73. The van der Waals surface area contributed by atoms with Crippen LogP contribution in [0.25, 0.3) is 11.3 Å². The average molecular weight is 180 g/mol. The number of hydrogen-bond acceptors (Lipinski definition) is 4. The lowest BCUT2D eigenvalue weighted by atomic mass is 10.2. The van der Waals surface area contributed by atoms with Gasteiger partial charge in [0.05, 0.1) is 0 Å². The van der Waals surface area contributed by atoms with Crippen molar-refractivity contribution in [3.8, 4) is 11.3 Å². The summed E-state index contributed by atoms with van der Waals surface area (Å²) in [5, 5.41) is 7.71. The molecule has 0 aliphatic heterocycles. The molecule has 2 N–H and O–H groups in total. The van der Waals surface area contributed by atoms with Crippen LogP contribution in [0, 0.1) is 6.92 Å². The molecule has 0 saturated heterocycles. The van der Waals surface area contributed by atoms with Crippen molar-refractivity contribution in [2.75, 3.05) is 5.73 Å². The SMILES string of the molecule is Cc1cscc1-c1cc(N)no1. The Morgan fingerprint density at radius 3 is 2.83 bits per heavy atom. The first-order valence-corrected chi connectivity index (χ1v) is 4.47. The van der Waals surface area contributed by atoms with Crippen LogP contribution in [-0.4, -0.2) is 5.16 Å². The number of anilines is 1. The second-order valence-corrected chi connectivity index (χ2v) is 3.33. The van der Waals surface area contributed by atoms with Crippen molar-refractivity contribution in [3.63, 3.8) is 0 Å². The summed E-state index contributed by atoms with van der Waals surface area (Å²) in [7, 11) is 0. The van der Waals surface area contributed by atoms with E-state index in [1.807, 2.05) is 12.3 Å². The van der Waals surface area contributed by atoms with E-state index in [1.165, 1.54) is 5.56 Å². The molecule has 3 nitrogen and oxygen atoms in total. The molecule has 12 heavy (non-hydrogen) atoms. The van der Waals surface area contributed by atoms with E-state index in [0.29, 0.717) is 5.82 Å². The van der Waals surface area contributed by atoms with Crippen molar-refractivity contribution in [2.24, 2.45) is 0 Å². The summed E-state index contributed by atoms with van der Waals surface area (Å²) in [4.78, 5) is 0. The fourth-order valence-electron chi connectivity index (χ4n) is 1.03. The van der Waals surface area contributed by atoms with Crippen LogP contribution in [-0.2, 0) is 0 Å². The minimum Gasteiger partial charge on any atom is -0.381 e. The van der Waals surface area contributed by atoms with Crippen molar-refractivity contribution in [1.82, 2.24) is 5.16 Å². The Hall–Kier alpha value is -1.29. The molecule has 0 radical (unpaired) electrons. The van der Waals surface area contributed by atoms with Crippen LogP contribution in [0.1, 0.15) is 5.56 Å². The second-order valence-electron chi connectivity index (χ2n) is 2.58. The van der Waals surface area contributed by atoms with Crippen molar-refractivity contribution >= 4 is 17.2 Å². The number of nitrogens with zero attached hydrogens (tertiary/aromatic N) is 1. The van der Waals surface area contributed by atoms with E-state index in [-0.39, 0.29) is 0 Å². The fourth-order valence-corrected chi connectivity index (χ4v) is 1.87. The minimum absolute atomic E-state index is 0.426. The summed E-state index contributed by atoms with van der Waals surface area (Å²) in [6.45, 7) is 2.03. The third-order valence-corrected chi connectivity index (χ3v) is 2.51. The lowest BCUT2D eigenvalue weighted by Gasteiger charge is -1.89. The van der Waals surface area contributed by atoms with Gasteiger partial charge in [0.1, 0.15) is 0 Å².